The number of aryl methyl sites for hydroxylation is 1. The molecule has 5 nitrogen and oxygen atoms in total. The topological polar surface area (TPSA) is 63.7 Å². The van der Waals surface area contributed by atoms with E-state index >= 15 is 0 Å². The first-order valence-corrected chi connectivity index (χ1v) is 10.2. The third-order valence-electron chi connectivity index (χ3n) is 5.00. The lowest BCUT2D eigenvalue weighted by molar-refractivity contribution is 0.0912. The van der Waals surface area contributed by atoms with Gasteiger partial charge in [0.1, 0.15) is 5.75 Å². The molecule has 2 aromatic carbocycles. The molecule has 2 atom stereocenters. The zero-order valence-electron chi connectivity index (χ0n) is 15.5. The molecule has 6 heteroatoms. The number of ketones is 1. The van der Waals surface area contributed by atoms with E-state index in [-0.39, 0.29) is 29.7 Å². The van der Waals surface area contributed by atoms with E-state index in [4.69, 9.17) is 4.74 Å². The van der Waals surface area contributed by atoms with E-state index in [1.807, 2.05) is 6.92 Å². The van der Waals surface area contributed by atoms with Gasteiger partial charge in [-0.25, -0.2) is 8.42 Å². The monoisotopic (exact) mass is 385 g/mol. The van der Waals surface area contributed by atoms with Crippen molar-refractivity contribution in [1.82, 2.24) is 4.31 Å². The fraction of sp³-hybridized carbons (Fsp3) is 0.286. The fourth-order valence-electron chi connectivity index (χ4n) is 3.33. The van der Waals surface area contributed by atoms with E-state index in [1.54, 1.807) is 61.7 Å². The van der Waals surface area contributed by atoms with Crippen LogP contribution in [0.2, 0.25) is 0 Å². The number of methoxy groups -OCH3 is 1. The standard InChI is InChI=1S/C21H23NO4S/c1-4-16-13-22(27(24,25)19-11-5-15(2)6-12-19)14-20(16)21(23)17-7-9-18(26-3)10-8-17/h4-12,16,20H,1,13-14H2,2-3H3/t16-,20+/m0/s1. The summed E-state index contributed by atoms with van der Waals surface area (Å²) in [5.41, 5.74) is 1.54. The third kappa shape index (κ3) is 3.82. The minimum atomic E-state index is -3.64. The van der Waals surface area contributed by atoms with Gasteiger partial charge in [0.2, 0.25) is 10.0 Å². The summed E-state index contributed by atoms with van der Waals surface area (Å²) in [7, 11) is -2.08. The van der Waals surface area contributed by atoms with Crippen LogP contribution >= 0.6 is 0 Å². The molecule has 0 unspecified atom stereocenters. The van der Waals surface area contributed by atoms with Crippen LogP contribution in [0, 0.1) is 18.8 Å². The van der Waals surface area contributed by atoms with E-state index in [0.29, 0.717) is 11.3 Å². The second-order valence-electron chi connectivity index (χ2n) is 6.73. The summed E-state index contributed by atoms with van der Waals surface area (Å²) in [6, 6.07) is 13.6. The first-order chi connectivity index (χ1) is 12.9. The number of benzene rings is 2. The molecule has 1 aliphatic rings. The predicted octanol–water partition coefficient (Wildman–Crippen LogP) is 3.31. The van der Waals surface area contributed by atoms with Gasteiger partial charge in [0, 0.05) is 30.5 Å². The van der Waals surface area contributed by atoms with Crippen LogP contribution in [0.25, 0.3) is 0 Å². The Labute approximate surface area is 160 Å². The maximum atomic E-state index is 13.0. The molecule has 0 radical (unpaired) electrons. The highest BCUT2D eigenvalue weighted by molar-refractivity contribution is 7.89. The summed E-state index contributed by atoms with van der Waals surface area (Å²) in [5.74, 6) is -0.0816. The Kier molecular flexibility index (Phi) is 5.48. The zero-order valence-corrected chi connectivity index (χ0v) is 16.3. The number of rotatable bonds is 6. The van der Waals surface area contributed by atoms with E-state index < -0.39 is 15.9 Å². The number of sulfonamides is 1. The summed E-state index contributed by atoms with van der Waals surface area (Å²) < 4.78 is 32.4. The minimum Gasteiger partial charge on any atom is -0.497 e. The van der Waals surface area contributed by atoms with Crippen LogP contribution in [0.3, 0.4) is 0 Å². The molecule has 0 aliphatic carbocycles. The quantitative estimate of drug-likeness (QED) is 0.565. The number of nitrogens with zero attached hydrogens (tertiary/aromatic N) is 1. The third-order valence-corrected chi connectivity index (χ3v) is 6.85. The van der Waals surface area contributed by atoms with Crippen LogP contribution in [0.4, 0.5) is 0 Å². The van der Waals surface area contributed by atoms with Crippen LogP contribution in [0.5, 0.6) is 5.75 Å². The molecule has 1 fully saturated rings. The second-order valence-corrected chi connectivity index (χ2v) is 8.67. The summed E-state index contributed by atoms with van der Waals surface area (Å²) >= 11 is 0. The van der Waals surface area contributed by atoms with Crippen molar-refractivity contribution in [1.29, 1.82) is 0 Å². The van der Waals surface area contributed by atoms with Gasteiger partial charge in [-0.05, 0) is 43.3 Å². The lowest BCUT2D eigenvalue weighted by atomic mass is 9.88. The normalized spacial score (nSPS) is 20.4. The molecule has 3 rings (SSSR count). The van der Waals surface area contributed by atoms with E-state index in [1.165, 1.54) is 4.31 Å². The SMILES string of the molecule is C=C[C@H]1CN(S(=O)(=O)c2ccc(C)cc2)C[C@H]1C(=O)c1ccc(OC)cc1. The summed E-state index contributed by atoms with van der Waals surface area (Å²) in [4.78, 5) is 13.2. The molecular weight excluding hydrogens is 362 g/mol. The molecule has 2 aromatic rings. The Morgan fingerprint density at radius 2 is 1.74 bits per heavy atom. The molecule has 1 saturated heterocycles. The van der Waals surface area contributed by atoms with Crippen molar-refractivity contribution in [3.63, 3.8) is 0 Å². The van der Waals surface area contributed by atoms with Crippen molar-refractivity contribution in [3.8, 4) is 5.75 Å². The number of hydrogen-bond acceptors (Lipinski definition) is 4. The highest BCUT2D eigenvalue weighted by Crippen LogP contribution is 2.32. The molecular formula is C21H23NO4S. The van der Waals surface area contributed by atoms with E-state index in [0.717, 1.165) is 5.56 Å². The van der Waals surface area contributed by atoms with Gasteiger partial charge in [0.15, 0.2) is 5.78 Å². The lowest BCUT2D eigenvalue weighted by Gasteiger charge is -2.16. The van der Waals surface area contributed by atoms with Gasteiger partial charge in [-0.15, -0.1) is 6.58 Å². The molecule has 0 aromatic heterocycles. The van der Waals surface area contributed by atoms with Crippen molar-refractivity contribution < 1.29 is 17.9 Å². The first kappa shape index (κ1) is 19.3. The largest absolute Gasteiger partial charge is 0.497 e. The Balaban J connectivity index is 1.84. The molecule has 27 heavy (non-hydrogen) atoms. The van der Waals surface area contributed by atoms with Crippen LogP contribution in [-0.4, -0.2) is 38.7 Å². The lowest BCUT2D eigenvalue weighted by Crippen LogP contribution is -2.30. The molecule has 142 valence electrons. The highest BCUT2D eigenvalue weighted by atomic mass is 32.2. The first-order valence-electron chi connectivity index (χ1n) is 8.74. The van der Waals surface area contributed by atoms with Crippen LogP contribution in [-0.2, 0) is 10.0 Å². The van der Waals surface area contributed by atoms with Crippen LogP contribution in [0.15, 0.2) is 66.1 Å². The maximum absolute atomic E-state index is 13.0. The molecule has 0 amide bonds. The smallest absolute Gasteiger partial charge is 0.243 e. The number of hydrogen-bond donors (Lipinski definition) is 0. The second kappa shape index (κ2) is 7.66. The van der Waals surface area contributed by atoms with Gasteiger partial charge < -0.3 is 4.74 Å². The minimum absolute atomic E-state index is 0.0795. The molecule has 0 N–H and O–H groups in total. The highest BCUT2D eigenvalue weighted by Gasteiger charge is 2.41. The van der Waals surface area contributed by atoms with Crippen molar-refractivity contribution in [3.05, 3.63) is 72.3 Å². The van der Waals surface area contributed by atoms with Gasteiger partial charge >= 0.3 is 0 Å². The Hall–Kier alpha value is -2.44. The van der Waals surface area contributed by atoms with Gasteiger partial charge in [-0.2, -0.15) is 4.31 Å². The van der Waals surface area contributed by atoms with Gasteiger partial charge in [0.25, 0.3) is 0 Å². The van der Waals surface area contributed by atoms with Gasteiger partial charge in [0.05, 0.1) is 12.0 Å². The number of ether oxygens (including phenoxy) is 1. The molecule has 0 saturated carbocycles. The van der Waals surface area contributed by atoms with Gasteiger partial charge in [-0.1, -0.05) is 23.8 Å². The average Bonchev–Trinajstić information content (AvgIpc) is 3.13. The van der Waals surface area contributed by atoms with Crippen molar-refractivity contribution in [2.45, 2.75) is 11.8 Å². The zero-order chi connectivity index (χ0) is 19.6. The fourth-order valence-corrected chi connectivity index (χ4v) is 4.84. The number of carbonyl (C=O) groups is 1. The van der Waals surface area contributed by atoms with Gasteiger partial charge in [-0.3, -0.25) is 4.79 Å². The van der Waals surface area contributed by atoms with Crippen LogP contribution < -0.4 is 4.74 Å². The number of carbonyl (C=O) groups excluding carboxylic acids is 1. The van der Waals surface area contributed by atoms with E-state index in [9.17, 15) is 13.2 Å². The molecule has 1 aliphatic heterocycles. The number of Topliss-reactive ketones (excluding diaryl/α,β-unsaturated/α-hetero) is 1. The summed E-state index contributed by atoms with van der Waals surface area (Å²) in [5, 5.41) is 0. The average molecular weight is 385 g/mol. The van der Waals surface area contributed by atoms with Crippen LogP contribution in [0.1, 0.15) is 15.9 Å². The molecule has 1 heterocycles. The summed E-state index contributed by atoms with van der Waals surface area (Å²) in [6.45, 7) is 6.12. The van der Waals surface area contributed by atoms with Crippen molar-refractivity contribution >= 4 is 15.8 Å². The molecule has 0 bridgehead atoms. The predicted molar refractivity (Wildman–Crippen MR) is 104 cm³/mol. The summed E-state index contributed by atoms with van der Waals surface area (Å²) in [6.07, 6.45) is 1.68. The Morgan fingerprint density at radius 1 is 1.11 bits per heavy atom. The Morgan fingerprint density at radius 3 is 2.30 bits per heavy atom. The van der Waals surface area contributed by atoms with Crippen molar-refractivity contribution in [2.75, 3.05) is 20.2 Å². The Bertz CT molecular complexity index is 933. The molecule has 0 spiro atoms. The van der Waals surface area contributed by atoms with Crippen molar-refractivity contribution in [2.24, 2.45) is 11.8 Å². The van der Waals surface area contributed by atoms with E-state index in [2.05, 4.69) is 6.58 Å². The maximum Gasteiger partial charge on any atom is 0.243 e.